The van der Waals surface area contributed by atoms with Crippen LogP contribution in [0.4, 0.5) is 0 Å². The molecule has 5 rings (SSSR count). The Morgan fingerprint density at radius 2 is 1.42 bits per heavy atom. The van der Waals surface area contributed by atoms with E-state index in [0.717, 1.165) is 70.7 Å². The lowest BCUT2D eigenvalue weighted by Gasteiger charge is -2.25. The van der Waals surface area contributed by atoms with Gasteiger partial charge in [-0.25, -0.2) is 0 Å². The molecular formula is C37H38O5S. The van der Waals surface area contributed by atoms with Crippen LogP contribution in [0.3, 0.4) is 0 Å². The number of hydrogen-bond acceptors (Lipinski definition) is 6. The number of rotatable bonds is 13. The zero-order valence-corrected chi connectivity index (χ0v) is 25.6. The molecule has 4 aromatic carbocycles. The van der Waals surface area contributed by atoms with Crippen LogP contribution in [0.1, 0.15) is 55.9 Å². The standard InChI is InChI=1S/C37H38O5S/c1-3-9-30-24-33(42-32-18-12-28(13-19-32)27-10-6-5-7-11-27)20-21-34(30)41-23-8-22-40-31-16-14-29(15-17-31)37-36(39)26(4-2)25-35(38)43-37/h5-7,10-21,24,26,37H,3-4,8-9,22-23,25H2,1-2H3. The lowest BCUT2D eigenvalue weighted by molar-refractivity contribution is -0.126. The molecule has 4 aromatic rings. The van der Waals surface area contributed by atoms with Gasteiger partial charge in [-0.05, 0) is 77.6 Å². The summed E-state index contributed by atoms with van der Waals surface area (Å²) in [6, 6.07) is 32.0. The van der Waals surface area contributed by atoms with Gasteiger partial charge in [-0.3, -0.25) is 9.59 Å². The summed E-state index contributed by atoms with van der Waals surface area (Å²) in [5.74, 6) is 3.17. The third-order valence-corrected chi connectivity index (χ3v) is 8.73. The minimum absolute atomic E-state index is 0.0925. The Morgan fingerprint density at radius 1 is 0.744 bits per heavy atom. The second-order valence-electron chi connectivity index (χ2n) is 10.7. The summed E-state index contributed by atoms with van der Waals surface area (Å²) in [7, 11) is 0. The number of ether oxygens (including phenoxy) is 3. The number of carbonyl (C=O) groups excluding carboxylic acids is 2. The summed E-state index contributed by atoms with van der Waals surface area (Å²) < 4.78 is 18.2. The Kier molecular flexibility index (Phi) is 10.6. The molecule has 2 unspecified atom stereocenters. The van der Waals surface area contributed by atoms with Crippen LogP contribution in [0.15, 0.2) is 97.1 Å². The predicted octanol–water partition coefficient (Wildman–Crippen LogP) is 9.25. The van der Waals surface area contributed by atoms with Crippen LogP contribution >= 0.6 is 11.8 Å². The van der Waals surface area contributed by atoms with Gasteiger partial charge in [-0.2, -0.15) is 0 Å². The summed E-state index contributed by atoms with van der Waals surface area (Å²) in [6.07, 6.45) is 3.68. The molecule has 1 aliphatic rings. The highest BCUT2D eigenvalue weighted by atomic mass is 32.2. The molecule has 1 fully saturated rings. The van der Waals surface area contributed by atoms with E-state index in [4.69, 9.17) is 14.2 Å². The fourth-order valence-electron chi connectivity index (χ4n) is 5.21. The van der Waals surface area contributed by atoms with Gasteiger partial charge in [0, 0.05) is 18.8 Å². The van der Waals surface area contributed by atoms with Crippen LogP contribution in [0.2, 0.25) is 0 Å². The van der Waals surface area contributed by atoms with Crippen LogP contribution in [-0.2, 0) is 16.0 Å². The van der Waals surface area contributed by atoms with Crippen molar-refractivity contribution in [3.05, 3.63) is 108 Å². The van der Waals surface area contributed by atoms with Crippen molar-refractivity contribution >= 4 is 22.7 Å². The van der Waals surface area contributed by atoms with E-state index in [1.54, 1.807) is 0 Å². The molecule has 0 aliphatic carbocycles. The molecule has 5 nitrogen and oxygen atoms in total. The molecule has 0 N–H and O–H groups in total. The molecule has 1 saturated heterocycles. The van der Waals surface area contributed by atoms with Gasteiger partial charge in [0.15, 0.2) is 10.9 Å². The van der Waals surface area contributed by atoms with Crippen molar-refractivity contribution in [1.82, 2.24) is 0 Å². The Labute approximate surface area is 258 Å². The highest BCUT2D eigenvalue weighted by Gasteiger charge is 2.36. The fraction of sp³-hybridized carbons (Fsp3) is 0.297. The maximum atomic E-state index is 12.7. The number of thioether (sulfide) groups is 1. The van der Waals surface area contributed by atoms with E-state index in [1.807, 2.05) is 73.7 Å². The van der Waals surface area contributed by atoms with E-state index >= 15 is 0 Å². The molecule has 222 valence electrons. The minimum Gasteiger partial charge on any atom is -0.493 e. The third-order valence-electron chi connectivity index (χ3n) is 7.56. The van der Waals surface area contributed by atoms with Crippen molar-refractivity contribution in [2.45, 2.75) is 51.2 Å². The first kappa shape index (κ1) is 30.4. The van der Waals surface area contributed by atoms with Gasteiger partial charge in [-0.1, -0.05) is 86.6 Å². The van der Waals surface area contributed by atoms with Crippen molar-refractivity contribution in [1.29, 1.82) is 0 Å². The van der Waals surface area contributed by atoms with Crippen LogP contribution in [0.5, 0.6) is 23.0 Å². The van der Waals surface area contributed by atoms with Crippen molar-refractivity contribution in [2.75, 3.05) is 13.2 Å². The highest BCUT2D eigenvalue weighted by Crippen LogP contribution is 2.40. The molecule has 0 bridgehead atoms. The first-order chi connectivity index (χ1) is 21.0. The Hall–Kier alpha value is -4.03. The first-order valence-electron chi connectivity index (χ1n) is 15.1. The van der Waals surface area contributed by atoms with E-state index in [2.05, 4.69) is 37.3 Å². The summed E-state index contributed by atoms with van der Waals surface area (Å²) in [5, 5.41) is -0.321. The summed E-state index contributed by atoms with van der Waals surface area (Å²) >= 11 is 1.15. The fourth-order valence-corrected chi connectivity index (χ4v) is 6.37. The third kappa shape index (κ3) is 8.08. The SMILES string of the molecule is CCCc1cc(Oc2ccc(-c3ccccc3)cc2)ccc1OCCCOc1ccc(C2SC(=O)CC(CC)C2=O)cc1. The van der Waals surface area contributed by atoms with Crippen LogP contribution in [-0.4, -0.2) is 24.1 Å². The quantitative estimate of drug-likeness (QED) is 0.144. The molecule has 2 atom stereocenters. The summed E-state index contributed by atoms with van der Waals surface area (Å²) in [4.78, 5) is 24.8. The van der Waals surface area contributed by atoms with E-state index in [-0.39, 0.29) is 16.8 Å². The zero-order chi connectivity index (χ0) is 30.0. The molecule has 0 amide bonds. The Balaban J connectivity index is 1.10. The maximum Gasteiger partial charge on any atom is 0.190 e. The van der Waals surface area contributed by atoms with E-state index in [1.165, 1.54) is 5.56 Å². The lowest BCUT2D eigenvalue weighted by atomic mass is 9.92. The second-order valence-corrected chi connectivity index (χ2v) is 11.9. The Bertz CT molecular complexity index is 1500. The molecular weight excluding hydrogens is 556 g/mol. The molecule has 0 saturated carbocycles. The second kappa shape index (κ2) is 14.9. The smallest absolute Gasteiger partial charge is 0.190 e. The number of benzene rings is 4. The summed E-state index contributed by atoms with van der Waals surface area (Å²) in [5.41, 5.74) is 4.32. The van der Waals surface area contributed by atoms with Crippen molar-refractivity contribution in [3.8, 4) is 34.1 Å². The van der Waals surface area contributed by atoms with Gasteiger partial charge in [0.05, 0.1) is 18.5 Å². The van der Waals surface area contributed by atoms with Gasteiger partial charge < -0.3 is 14.2 Å². The number of carbonyl (C=O) groups is 2. The van der Waals surface area contributed by atoms with Gasteiger partial charge in [-0.15, -0.1) is 0 Å². The number of hydrogen-bond donors (Lipinski definition) is 0. The maximum absolute atomic E-state index is 12.7. The molecule has 6 heteroatoms. The van der Waals surface area contributed by atoms with E-state index < -0.39 is 5.25 Å². The van der Waals surface area contributed by atoms with Crippen molar-refractivity contribution in [2.24, 2.45) is 5.92 Å². The average molecular weight is 595 g/mol. The first-order valence-corrected chi connectivity index (χ1v) is 16.0. The molecule has 0 spiro atoms. The largest absolute Gasteiger partial charge is 0.493 e. The van der Waals surface area contributed by atoms with Crippen molar-refractivity contribution < 1.29 is 23.8 Å². The molecule has 1 aliphatic heterocycles. The summed E-state index contributed by atoms with van der Waals surface area (Å²) in [6.45, 7) is 5.16. The van der Waals surface area contributed by atoms with E-state index in [9.17, 15) is 9.59 Å². The number of aryl methyl sites for hydroxylation is 1. The van der Waals surface area contributed by atoms with Gasteiger partial charge in [0.2, 0.25) is 0 Å². The van der Waals surface area contributed by atoms with Crippen LogP contribution in [0, 0.1) is 5.92 Å². The predicted molar refractivity (Wildman–Crippen MR) is 173 cm³/mol. The molecule has 1 heterocycles. The lowest BCUT2D eigenvalue weighted by Crippen LogP contribution is -2.27. The van der Waals surface area contributed by atoms with Gasteiger partial charge in [0.1, 0.15) is 23.0 Å². The van der Waals surface area contributed by atoms with Crippen molar-refractivity contribution in [3.63, 3.8) is 0 Å². The van der Waals surface area contributed by atoms with E-state index in [0.29, 0.717) is 26.1 Å². The topological polar surface area (TPSA) is 61.8 Å². The Morgan fingerprint density at radius 3 is 2.14 bits per heavy atom. The van der Waals surface area contributed by atoms with Crippen LogP contribution in [0.25, 0.3) is 11.1 Å². The molecule has 0 aromatic heterocycles. The van der Waals surface area contributed by atoms with Gasteiger partial charge >= 0.3 is 0 Å². The van der Waals surface area contributed by atoms with Crippen LogP contribution < -0.4 is 14.2 Å². The molecule has 43 heavy (non-hydrogen) atoms. The number of ketones is 1. The monoisotopic (exact) mass is 594 g/mol. The average Bonchev–Trinajstić information content (AvgIpc) is 3.04. The van der Waals surface area contributed by atoms with Gasteiger partial charge in [0.25, 0.3) is 0 Å². The molecule has 0 radical (unpaired) electrons. The zero-order valence-electron chi connectivity index (χ0n) is 24.8. The normalized spacial score (nSPS) is 16.6. The highest BCUT2D eigenvalue weighted by molar-refractivity contribution is 8.14. The minimum atomic E-state index is -0.414. The number of Topliss-reactive ketones (excluding diaryl/α,β-unsaturated/α-hetero) is 1.